The van der Waals surface area contributed by atoms with Crippen LogP contribution in [0.2, 0.25) is 0 Å². The van der Waals surface area contributed by atoms with Crippen molar-refractivity contribution < 1.29 is 4.74 Å². The Morgan fingerprint density at radius 2 is 2.10 bits per heavy atom. The molecule has 1 atom stereocenters. The summed E-state index contributed by atoms with van der Waals surface area (Å²) in [6, 6.07) is 0.506. The smallest absolute Gasteiger partial charge is 0.185 e. The Morgan fingerprint density at radius 1 is 1.29 bits per heavy atom. The standard InChI is InChI=1S/C16H29N3OS/c1-5-13(4)15-14(11-17-12(2)3)21-16(18-15)19-7-6-9-20-10-8-19/h12-13,17H,5-11H2,1-4H3. The molecule has 1 aromatic rings. The highest BCUT2D eigenvalue weighted by molar-refractivity contribution is 7.15. The van der Waals surface area contributed by atoms with E-state index in [2.05, 4.69) is 37.9 Å². The molecule has 21 heavy (non-hydrogen) atoms. The van der Waals surface area contributed by atoms with Crippen LogP contribution in [-0.4, -0.2) is 37.3 Å². The minimum atomic E-state index is 0.506. The second-order valence-electron chi connectivity index (χ2n) is 6.10. The topological polar surface area (TPSA) is 37.4 Å². The van der Waals surface area contributed by atoms with Crippen molar-refractivity contribution in [1.82, 2.24) is 10.3 Å². The summed E-state index contributed by atoms with van der Waals surface area (Å²) in [5.41, 5.74) is 1.29. The molecule has 1 fully saturated rings. The number of nitrogens with one attached hydrogen (secondary N) is 1. The van der Waals surface area contributed by atoms with E-state index < -0.39 is 0 Å². The van der Waals surface area contributed by atoms with Gasteiger partial charge < -0.3 is 15.0 Å². The van der Waals surface area contributed by atoms with Crippen LogP contribution in [0.3, 0.4) is 0 Å². The molecule has 0 aromatic carbocycles. The zero-order valence-electron chi connectivity index (χ0n) is 13.8. The first kappa shape index (κ1) is 16.7. The van der Waals surface area contributed by atoms with Crippen LogP contribution in [0.1, 0.15) is 57.0 Å². The van der Waals surface area contributed by atoms with Crippen LogP contribution >= 0.6 is 11.3 Å². The molecule has 2 heterocycles. The number of hydrogen-bond donors (Lipinski definition) is 1. The summed E-state index contributed by atoms with van der Waals surface area (Å²) in [6.45, 7) is 13.6. The van der Waals surface area contributed by atoms with Gasteiger partial charge in [0.1, 0.15) is 0 Å². The first-order chi connectivity index (χ1) is 10.1. The van der Waals surface area contributed by atoms with Gasteiger partial charge in [0.2, 0.25) is 0 Å². The zero-order valence-corrected chi connectivity index (χ0v) is 14.6. The average molecular weight is 311 g/mol. The molecule has 1 aliphatic rings. The first-order valence-corrected chi connectivity index (χ1v) is 8.99. The summed E-state index contributed by atoms with van der Waals surface area (Å²) in [5.74, 6) is 0.530. The maximum Gasteiger partial charge on any atom is 0.185 e. The van der Waals surface area contributed by atoms with E-state index in [4.69, 9.17) is 9.72 Å². The number of thiazole rings is 1. The van der Waals surface area contributed by atoms with Gasteiger partial charge in [-0.3, -0.25) is 0 Å². The SMILES string of the molecule is CCC(C)c1nc(N2CCCOCC2)sc1CNC(C)C. The molecule has 0 aliphatic carbocycles. The van der Waals surface area contributed by atoms with Crippen molar-refractivity contribution in [1.29, 1.82) is 0 Å². The van der Waals surface area contributed by atoms with Crippen molar-refractivity contribution >= 4 is 16.5 Å². The van der Waals surface area contributed by atoms with Gasteiger partial charge in [-0.2, -0.15) is 0 Å². The van der Waals surface area contributed by atoms with Gasteiger partial charge in [-0.05, 0) is 18.8 Å². The van der Waals surface area contributed by atoms with E-state index in [9.17, 15) is 0 Å². The second kappa shape index (κ2) is 8.11. The lowest BCUT2D eigenvalue weighted by Crippen LogP contribution is -2.25. The highest BCUT2D eigenvalue weighted by Crippen LogP contribution is 2.32. The maximum absolute atomic E-state index is 5.55. The van der Waals surface area contributed by atoms with E-state index in [1.54, 1.807) is 0 Å². The Morgan fingerprint density at radius 3 is 2.81 bits per heavy atom. The molecule has 4 nitrogen and oxygen atoms in total. The van der Waals surface area contributed by atoms with Crippen molar-refractivity contribution in [2.45, 2.75) is 59.0 Å². The molecular formula is C16H29N3OS. The Balaban J connectivity index is 2.17. The van der Waals surface area contributed by atoms with Crippen LogP contribution in [0.25, 0.3) is 0 Å². The largest absolute Gasteiger partial charge is 0.380 e. The molecule has 5 heteroatoms. The highest BCUT2D eigenvalue weighted by Gasteiger charge is 2.20. The molecule has 0 spiro atoms. The van der Waals surface area contributed by atoms with Gasteiger partial charge in [0.05, 0.1) is 12.3 Å². The Kier molecular flexibility index (Phi) is 6.45. The average Bonchev–Trinajstić information content (AvgIpc) is 2.70. The summed E-state index contributed by atoms with van der Waals surface area (Å²) in [5, 5.41) is 4.71. The van der Waals surface area contributed by atoms with Crippen LogP contribution < -0.4 is 10.2 Å². The van der Waals surface area contributed by atoms with Crippen LogP contribution in [0.4, 0.5) is 5.13 Å². The van der Waals surface area contributed by atoms with Crippen molar-refractivity contribution in [3.05, 3.63) is 10.6 Å². The van der Waals surface area contributed by atoms with Crippen LogP contribution in [0.15, 0.2) is 0 Å². The fraction of sp³-hybridized carbons (Fsp3) is 0.812. The molecular weight excluding hydrogens is 282 g/mol. The van der Waals surface area contributed by atoms with Gasteiger partial charge in [-0.1, -0.05) is 27.7 Å². The molecule has 1 aromatic heterocycles. The van der Waals surface area contributed by atoms with Gasteiger partial charge >= 0.3 is 0 Å². The van der Waals surface area contributed by atoms with E-state index in [1.165, 1.54) is 15.7 Å². The number of ether oxygens (including phenoxy) is 1. The normalized spacial score (nSPS) is 18.0. The third-order valence-corrected chi connectivity index (χ3v) is 5.09. The Hall–Kier alpha value is -0.650. The quantitative estimate of drug-likeness (QED) is 0.874. The molecule has 120 valence electrons. The van der Waals surface area contributed by atoms with E-state index in [-0.39, 0.29) is 0 Å². The number of anilines is 1. The third kappa shape index (κ3) is 4.66. The summed E-state index contributed by atoms with van der Waals surface area (Å²) >= 11 is 1.86. The van der Waals surface area contributed by atoms with Gasteiger partial charge in [0.25, 0.3) is 0 Å². The summed E-state index contributed by atoms with van der Waals surface area (Å²) in [6.07, 6.45) is 2.23. The van der Waals surface area contributed by atoms with Gasteiger partial charge in [-0.25, -0.2) is 4.98 Å². The number of nitrogens with zero attached hydrogens (tertiary/aromatic N) is 2. The molecule has 1 aliphatic heterocycles. The highest BCUT2D eigenvalue weighted by atomic mass is 32.1. The zero-order chi connectivity index (χ0) is 15.2. The summed E-state index contributed by atoms with van der Waals surface area (Å²) < 4.78 is 5.55. The fourth-order valence-electron chi connectivity index (χ4n) is 2.43. The molecule has 0 saturated carbocycles. The monoisotopic (exact) mass is 311 g/mol. The lowest BCUT2D eigenvalue weighted by atomic mass is 10.0. The summed E-state index contributed by atoms with van der Waals surface area (Å²) in [4.78, 5) is 8.77. The minimum absolute atomic E-state index is 0.506. The fourth-order valence-corrected chi connectivity index (χ4v) is 3.61. The van der Waals surface area contributed by atoms with Crippen molar-refractivity contribution in [2.75, 3.05) is 31.2 Å². The lowest BCUT2D eigenvalue weighted by Gasteiger charge is -2.17. The third-order valence-electron chi connectivity index (χ3n) is 3.96. The van der Waals surface area contributed by atoms with E-state index in [0.717, 1.165) is 45.7 Å². The molecule has 0 amide bonds. The second-order valence-corrected chi connectivity index (χ2v) is 7.16. The molecule has 1 N–H and O–H groups in total. The van der Waals surface area contributed by atoms with Crippen molar-refractivity contribution in [3.63, 3.8) is 0 Å². The van der Waals surface area contributed by atoms with Crippen LogP contribution in [0.5, 0.6) is 0 Å². The molecule has 1 unspecified atom stereocenters. The number of hydrogen-bond acceptors (Lipinski definition) is 5. The molecule has 1 saturated heterocycles. The van der Waals surface area contributed by atoms with Gasteiger partial charge in [0.15, 0.2) is 5.13 Å². The predicted molar refractivity (Wildman–Crippen MR) is 90.4 cm³/mol. The van der Waals surface area contributed by atoms with Gasteiger partial charge in [-0.15, -0.1) is 11.3 Å². The minimum Gasteiger partial charge on any atom is -0.380 e. The van der Waals surface area contributed by atoms with Crippen LogP contribution in [0, 0.1) is 0 Å². The molecule has 0 radical (unpaired) electrons. The first-order valence-electron chi connectivity index (χ1n) is 8.17. The number of rotatable bonds is 6. The van der Waals surface area contributed by atoms with E-state index in [0.29, 0.717) is 12.0 Å². The Labute approximate surface area is 132 Å². The van der Waals surface area contributed by atoms with Gasteiger partial charge in [0, 0.05) is 37.2 Å². The maximum atomic E-state index is 5.55. The Bertz CT molecular complexity index is 425. The number of aromatic nitrogens is 1. The van der Waals surface area contributed by atoms with E-state index >= 15 is 0 Å². The molecule has 2 rings (SSSR count). The van der Waals surface area contributed by atoms with Crippen molar-refractivity contribution in [2.24, 2.45) is 0 Å². The summed E-state index contributed by atoms with van der Waals surface area (Å²) in [7, 11) is 0. The predicted octanol–water partition coefficient (Wildman–Crippen LogP) is 3.38. The van der Waals surface area contributed by atoms with Crippen molar-refractivity contribution in [3.8, 4) is 0 Å². The molecule has 0 bridgehead atoms. The lowest BCUT2D eigenvalue weighted by molar-refractivity contribution is 0.152. The van der Waals surface area contributed by atoms with E-state index in [1.807, 2.05) is 11.3 Å². The van der Waals surface area contributed by atoms with Crippen LogP contribution in [-0.2, 0) is 11.3 Å².